The largest absolute Gasteiger partial charge is 0.463 e. The quantitative estimate of drug-likeness (QED) is 0.565. The summed E-state index contributed by atoms with van der Waals surface area (Å²) >= 11 is 0. The lowest BCUT2D eigenvalue weighted by atomic mass is 10.0. The zero-order valence-corrected chi connectivity index (χ0v) is 8.48. The van der Waals surface area contributed by atoms with E-state index in [-0.39, 0.29) is 12.1 Å². The lowest BCUT2D eigenvalue weighted by molar-refractivity contribution is -0.149. The summed E-state index contributed by atoms with van der Waals surface area (Å²) in [5.74, 6) is -0.207. The van der Waals surface area contributed by atoms with E-state index in [9.17, 15) is 15.0 Å². The fourth-order valence-corrected chi connectivity index (χ4v) is 1.59. The molecule has 14 heavy (non-hydrogen) atoms. The summed E-state index contributed by atoms with van der Waals surface area (Å²) in [6.45, 7) is 1.80. The van der Waals surface area contributed by atoms with Gasteiger partial charge >= 0.3 is 5.97 Å². The van der Waals surface area contributed by atoms with Crippen molar-refractivity contribution in [3.8, 4) is 0 Å². The van der Waals surface area contributed by atoms with Gasteiger partial charge < -0.3 is 14.9 Å². The molecule has 2 N–H and O–H groups in total. The van der Waals surface area contributed by atoms with E-state index in [1.165, 1.54) is 0 Å². The van der Waals surface area contributed by atoms with E-state index in [1.54, 1.807) is 6.92 Å². The first kappa shape index (κ1) is 11.5. The molecule has 0 radical (unpaired) electrons. The van der Waals surface area contributed by atoms with E-state index in [1.807, 2.05) is 0 Å². The van der Waals surface area contributed by atoms with Gasteiger partial charge in [0, 0.05) is 6.42 Å². The Morgan fingerprint density at radius 3 is 2.57 bits per heavy atom. The molecule has 1 rings (SSSR count). The Hall–Kier alpha value is -0.610. The number of carbonyl (C=O) groups excluding carboxylic acids is 1. The summed E-state index contributed by atoms with van der Waals surface area (Å²) in [7, 11) is 0. The highest BCUT2D eigenvalue weighted by atomic mass is 16.5. The monoisotopic (exact) mass is 202 g/mol. The van der Waals surface area contributed by atoms with Crippen molar-refractivity contribution in [2.45, 2.75) is 57.3 Å². The molecule has 0 bridgehead atoms. The van der Waals surface area contributed by atoms with Crippen LogP contribution in [0, 0.1) is 0 Å². The molecule has 1 fully saturated rings. The van der Waals surface area contributed by atoms with Crippen LogP contribution in [0.15, 0.2) is 0 Å². The number of carbonyl (C=O) groups is 1. The van der Waals surface area contributed by atoms with Crippen molar-refractivity contribution < 1.29 is 19.7 Å². The average Bonchev–Trinajstić information content (AvgIpc) is 2.12. The lowest BCUT2D eigenvalue weighted by Crippen LogP contribution is -2.29. The molecule has 0 aromatic rings. The first-order valence-corrected chi connectivity index (χ1v) is 5.15. The van der Waals surface area contributed by atoms with Gasteiger partial charge in [0.25, 0.3) is 0 Å². The molecule has 0 amide bonds. The van der Waals surface area contributed by atoms with Crippen molar-refractivity contribution in [1.29, 1.82) is 0 Å². The minimum Gasteiger partial charge on any atom is -0.463 e. The minimum atomic E-state index is -0.701. The number of esters is 1. The number of hydrogen-bond acceptors (Lipinski definition) is 4. The molecule has 82 valence electrons. The highest BCUT2D eigenvalue weighted by Crippen LogP contribution is 2.15. The Morgan fingerprint density at radius 2 is 1.86 bits per heavy atom. The molecule has 0 aromatic heterocycles. The second kappa shape index (κ2) is 5.32. The van der Waals surface area contributed by atoms with Gasteiger partial charge in [0.1, 0.15) is 0 Å². The van der Waals surface area contributed by atoms with Crippen LogP contribution in [0.25, 0.3) is 0 Å². The number of hydrogen-bond donors (Lipinski definition) is 2. The molecule has 3 unspecified atom stereocenters. The van der Waals surface area contributed by atoms with E-state index >= 15 is 0 Å². The number of aliphatic hydroxyl groups is 2. The smallest absolute Gasteiger partial charge is 0.306 e. The van der Waals surface area contributed by atoms with Crippen LogP contribution < -0.4 is 0 Å². The third-order valence-corrected chi connectivity index (χ3v) is 2.53. The molecule has 1 aliphatic rings. The van der Waals surface area contributed by atoms with Gasteiger partial charge in [0.15, 0.2) is 0 Å². The second-order valence-corrected chi connectivity index (χ2v) is 3.90. The van der Waals surface area contributed by atoms with E-state index in [0.29, 0.717) is 32.1 Å². The zero-order valence-electron chi connectivity index (χ0n) is 8.48. The van der Waals surface area contributed by atoms with Crippen LogP contribution in [0.2, 0.25) is 0 Å². The summed E-state index contributed by atoms with van der Waals surface area (Å²) in [6, 6.07) is 0. The predicted molar refractivity (Wildman–Crippen MR) is 50.7 cm³/mol. The number of cyclic esters (lactones) is 1. The maximum Gasteiger partial charge on any atom is 0.306 e. The third-order valence-electron chi connectivity index (χ3n) is 2.53. The van der Waals surface area contributed by atoms with Gasteiger partial charge in [-0.3, -0.25) is 4.79 Å². The van der Waals surface area contributed by atoms with Crippen LogP contribution in [0.1, 0.15) is 39.0 Å². The molecular formula is C10H18O4. The topological polar surface area (TPSA) is 66.8 Å². The van der Waals surface area contributed by atoms with Crippen LogP contribution >= 0.6 is 0 Å². The van der Waals surface area contributed by atoms with E-state index < -0.39 is 12.2 Å². The fraction of sp³-hybridized carbons (Fsp3) is 0.900. The van der Waals surface area contributed by atoms with E-state index in [0.717, 1.165) is 0 Å². The van der Waals surface area contributed by atoms with Crippen molar-refractivity contribution in [2.24, 2.45) is 0 Å². The Morgan fingerprint density at radius 1 is 1.21 bits per heavy atom. The Labute approximate surface area is 83.9 Å². The zero-order chi connectivity index (χ0) is 10.6. The summed E-state index contributed by atoms with van der Waals surface area (Å²) in [4.78, 5) is 11.1. The maximum absolute atomic E-state index is 11.1. The van der Waals surface area contributed by atoms with Crippen molar-refractivity contribution in [1.82, 2.24) is 0 Å². The van der Waals surface area contributed by atoms with E-state index in [4.69, 9.17) is 4.74 Å². The molecule has 0 saturated carbocycles. The van der Waals surface area contributed by atoms with Gasteiger partial charge in [-0.1, -0.05) is 0 Å². The molecule has 4 nitrogen and oxygen atoms in total. The molecule has 0 aliphatic carbocycles. The predicted octanol–water partition coefficient (Wildman–Crippen LogP) is 0.604. The van der Waals surface area contributed by atoms with Crippen LogP contribution in [0.3, 0.4) is 0 Å². The fourth-order valence-electron chi connectivity index (χ4n) is 1.59. The number of aliphatic hydroxyl groups excluding tert-OH is 2. The molecule has 1 heterocycles. The number of rotatable bonds is 0. The van der Waals surface area contributed by atoms with Crippen molar-refractivity contribution in [3.05, 3.63) is 0 Å². The Bertz CT molecular complexity index is 193. The normalized spacial score (nSPS) is 36.2. The van der Waals surface area contributed by atoms with Crippen LogP contribution in [-0.4, -0.2) is 34.5 Å². The molecule has 1 aliphatic heterocycles. The molecule has 0 aromatic carbocycles. The van der Waals surface area contributed by atoms with E-state index in [2.05, 4.69) is 0 Å². The van der Waals surface area contributed by atoms with Gasteiger partial charge in [-0.2, -0.15) is 0 Å². The SMILES string of the molecule is CC1CCC(O)C(O)CCCC(=O)O1. The summed E-state index contributed by atoms with van der Waals surface area (Å²) in [6.07, 6.45) is 0.895. The van der Waals surface area contributed by atoms with Gasteiger partial charge in [-0.25, -0.2) is 0 Å². The summed E-state index contributed by atoms with van der Waals surface area (Å²) in [5.41, 5.74) is 0. The first-order valence-electron chi connectivity index (χ1n) is 5.15. The van der Waals surface area contributed by atoms with Crippen LogP contribution in [-0.2, 0) is 9.53 Å². The Balaban J connectivity index is 2.47. The van der Waals surface area contributed by atoms with Crippen molar-refractivity contribution >= 4 is 5.97 Å². The second-order valence-electron chi connectivity index (χ2n) is 3.90. The minimum absolute atomic E-state index is 0.164. The standard InChI is InChI=1S/C10H18O4/c1-7-5-6-9(12)8(11)3-2-4-10(13)14-7/h7-9,11-12H,2-6H2,1H3. The summed E-state index contributed by atoms with van der Waals surface area (Å²) < 4.78 is 5.08. The van der Waals surface area contributed by atoms with Gasteiger partial charge in [0.2, 0.25) is 0 Å². The molecular weight excluding hydrogens is 184 g/mol. The highest BCUT2D eigenvalue weighted by molar-refractivity contribution is 5.69. The van der Waals surface area contributed by atoms with Gasteiger partial charge in [-0.05, 0) is 32.6 Å². The van der Waals surface area contributed by atoms with Gasteiger partial charge in [-0.15, -0.1) is 0 Å². The molecule has 4 heteroatoms. The highest BCUT2D eigenvalue weighted by Gasteiger charge is 2.20. The molecule has 1 saturated heterocycles. The Kier molecular flexibility index (Phi) is 4.35. The van der Waals surface area contributed by atoms with Crippen molar-refractivity contribution in [2.75, 3.05) is 0 Å². The first-order chi connectivity index (χ1) is 6.59. The lowest BCUT2D eigenvalue weighted by Gasteiger charge is -2.21. The number of ether oxygens (including phenoxy) is 1. The van der Waals surface area contributed by atoms with Crippen LogP contribution in [0.5, 0.6) is 0 Å². The van der Waals surface area contributed by atoms with Gasteiger partial charge in [0.05, 0.1) is 18.3 Å². The third kappa shape index (κ3) is 3.64. The molecule has 0 spiro atoms. The van der Waals surface area contributed by atoms with Crippen molar-refractivity contribution in [3.63, 3.8) is 0 Å². The average molecular weight is 202 g/mol. The molecule has 3 atom stereocenters. The summed E-state index contributed by atoms with van der Waals surface area (Å²) in [5, 5.41) is 19.0. The van der Waals surface area contributed by atoms with Crippen LogP contribution in [0.4, 0.5) is 0 Å². The maximum atomic E-state index is 11.1.